The van der Waals surface area contributed by atoms with E-state index in [1.165, 1.54) is 0 Å². The van der Waals surface area contributed by atoms with Crippen LogP contribution in [0.4, 0.5) is 0 Å². The Hall–Kier alpha value is -0.970. The van der Waals surface area contributed by atoms with E-state index in [2.05, 4.69) is 5.32 Å². The van der Waals surface area contributed by atoms with Crippen molar-refractivity contribution in [3.63, 3.8) is 0 Å². The summed E-state index contributed by atoms with van der Waals surface area (Å²) in [6.45, 7) is 0.301. The number of halogens is 2. The molecule has 0 aliphatic rings. The van der Waals surface area contributed by atoms with E-state index in [4.69, 9.17) is 32.7 Å². The van der Waals surface area contributed by atoms with Gasteiger partial charge in [0.15, 0.2) is 6.61 Å². The van der Waals surface area contributed by atoms with Crippen LogP contribution in [0.25, 0.3) is 0 Å². The van der Waals surface area contributed by atoms with E-state index in [-0.39, 0.29) is 18.6 Å². The fraction of sp³-hybridized carbons (Fsp3) is 0.417. The molecule has 1 aromatic rings. The van der Waals surface area contributed by atoms with Crippen LogP contribution in [-0.4, -0.2) is 38.2 Å². The molecule has 1 N–H and O–H groups in total. The predicted octanol–water partition coefficient (Wildman–Crippen LogP) is 2.09. The van der Waals surface area contributed by atoms with Crippen LogP contribution in [0.15, 0.2) is 24.3 Å². The van der Waals surface area contributed by atoms with E-state index < -0.39 is 0 Å². The number of hydrogen-bond donors (Lipinski definition) is 1. The Morgan fingerprint density at radius 3 is 2.61 bits per heavy atom. The molecule has 6 heteroatoms. The van der Waals surface area contributed by atoms with Gasteiger partial charge in [0.05, 0.1) is 12.6 Å². The molecule has 0 aliphatic heterocycles. The lowest BCUT2D eigenvalue weighted by atomic mass is 10.3. The van der Waals surface area contributed by atoms with Crippen molar-refractivity contribution in [2.75, 3.05) is 26.2 Å². The molecule has 0 aliphatic carbocycles. The minimum Gasteiger partial charge on any atom is -0.484 e. The van der Waals surface area contributed by atoms with Crippen molar-refractivity contribution in [2.24, 2.45) is 0 Å². The standard InChI is InChI=1S/C12H15Cl2NO3/c1-17-7-10(6-13)15-12(16)8-18-11-4-2-9(14)3-5-11/h2-5,10H,6-8H2,1H3,(H,15,16). The first-order valence-electron chi connectivity index (χ1n) is 5.38. The number of amides is 1. The molecule has 1 rings (SSSR count). The van der Waals surface area contributed by atoms with E-state index in [0.29, 0.717) is 23.3 Å². The van der Waals surface area contributed by atoms with Gasteiger partial charge in [0.1, 0.15) is 5.75 Å². The van der Waals surface area contributed by atoms with Crippen molar-refractivity contribution in [3.8, 4) is 5.75 Å². The number of nitrogens with one attached hydrogen (secondary N) is 1. The predicted molar refractivity (Wildman–Crippen MR) is 71.5 cm³/mol. The fourth-order valence-electron chi connectivity index (χ4n) is 1.28. The van der Waals surface area contributed by atoms with Gasteiger partial charge in [-0.25, -0.2) is 0 Å². The van der Waals surface area contributed by atoms with Crippen LogP contribution in [0.2, 0.25) is 5.02 Å². The molecule has 0 aromatic heterocycles. The molecule has 0 spiro atoms. The molecule has 1 aromatic carbocycles. The van der Waals surface area contributed by atoms with Crippen molar-refractivity contribution in [1.29, 1.82) is 0 Å². The van der Waals surface area contributed by atoms with Gasteiger partial charge in [-0.15, -0.1) is 11.6 Å². The second-order valence-corrected chi connectivity index (χ2v) is 4.36. The maximum absolute atomic E-state index is 11.6. The van der Waals surface area contributed by atoms with Gasteiger partial charge < -0.3 is 14.8 Å². The summed E-state index contributed by atoms with van der Waals surface area (Å²) in [4.78, 5) is 11.6. The molecule has 0 saturated carbocycles. The minimum atomic E-state index is -0.243. The van der Waals surface area contributed by atoms with E-state index >= 15 is 0 Å². The third-order valence-electron chi connectivity index (χ3n) is 2.10. The minimum absolute atomic E-state index is 0.0707. The smallest absolute Gasteiger partial charge is 0.258 e. The first-order valence-corrected chi connectivity index (χ1v) is 6.29. The molecule has 0 radical (unpaired) electrons. The Kier molecular flexibility index (Phi) is 6.86. The summed E-state index contributed by atoms with van der Waals surface area (Å²) in [5.74, 6) is 0.636. The van der Waals surface area contributed by atoms with Gasteiger partial charge in [0.2, 0.25) is 0 Å². The fourth-order valence-corrected chi connectivity index (χ4v) is 1.57. The second kappa shape index (κ2) is 8.19. The average molecular weight is 292 g/mol. The zero-order chi connectivity index (χ0) is 13.4. The van der Waals surface area contributed by atoms with E-state index in [1.807, 2.05) is 0 Å². The van der Waals surface area contributed by atoms with Crippen LogP contribution in [0.3, 0.4) is 0 Å². The van der Waals surface area contributed by atoms with Gasteiger partial charge in [-0.05, 0) is 24.3 Å². The molecule has 4 nitrogen and oxygen atoms in total. The SMILES string of the molecule is COCC(CCl)NC(=O)COc1ccc(Cl)cc1. The van der Waals surface area contributed by atoms with Crippen molar-refractivity contribution < 1.29 is 14.3 Å². The number of rotatable bonds is 7. The highest BCUT2D eigenvalue weighted by Gasteiger charge is 2.11. The largest absolute Gasteiger partial charge is 0.484 e. The Morgan fingerprint density at radius 2 is 2.06 bits per heavy atom. The Morgan fingerprint density at radius 1 is 1.39 bits per heavy atom. The molecule has 0 fully saturated rings. The highest BCUT2D eigenvalue weighted by Crippen LogP contribution is 2.15. The summed E-state index contributed by atoms with van der Waals surface area (Å²) in [6, 6.07) is 6.58. The van der Waals surface area contributed by atoms with Crippen LogP contribution in [0.5, 0.6) is 5.75 Å². The van der Waals surface area contributed by atoms with Gasteiger partial charge in [0, 0.05) is 18.0 Å². The molecule has 100 valence electrons. The van der Waals surface area contributed by atoms with Crippen molar-refractivity contribution in [2.45, 2.75) is 6.04 Å². The van der Waals surface area contributed by atoms with Crippen molar-refractivity contribution in [1.82, 2.24) is 5.32 Å². The zero-order valence-electron chi connectivity index (χ0n) is 9.99. The monoisotopic (exact) mass is 291 g/mol. The van der Waals surface area contributed by atoms with Gasteiger partial charge in [-0.3, -0.25) is 4.79 Å². The number of ether oxygens (including phenoxy) is 2. The van der Waals surface area contributed by atoms with E-state index in [0.717, 1.165) is 0 Å². The Labute approximate surface area is 116 Å². The summed E-state index contributed by atoms with van der Waals surface area (Å²) in [5.41, 5.74) is 0. The third-order valence-corrected chi connectivity index (χ3v) is 2.73. The number of benzene rings is 1. The summed E-state index contributed by atoms with van der Waals surface area (Å²) in [6.07, 6.45) is 0. The maximum Gasteiger partial charge on any atom is 0.258 e. The van der Waals surface area contributed by atoms with Crippen molar-refractivity contribution in [3.05, 3.63) is 29.3 Å². The van der Waals surface area contributed by atoms with Crippen molar-refractivity contribution >= 4 is 29.1 Å². The number of alkyl halides is 1. The zero-order valence-corrected chi connectivity index (χ0v) is 11.5. The molecule has 1 atom stereocenters. The first-order chi connectivity index (χ1) is 8.65. The van der Waals surface area contributed by atoms with Crippen LogP contribution in [-0.2, 0) is 9.53 Å². The summed E-state index contributed by atoms with van der Waals surface area (Å²) in [5, 5.41) is 3.32. The number of carbonyl (C=O) groups excluding carboxylic acids is 1. The molecule has 0 saturated heterocycles. The van der Waals surface area contributed by atoms with Gasteiger partial charge in [-0.2, -0.15) is 0 Å². The molecular formula is C12H15Cl2NO3. The summed E-state index contributed by atoms with van der Waals surface area (Å²) < 4.78 is 10.2. The number of methoxy groups -OCH3 is 1. The Balaban J connectivity index is 2.34. The molecule has 1 unspecified atom stereocenters. The average Bonchev–Trinajstić information content (AvgIpc) is 2.37. The first kappa shape index (κ1) is 15.1. The second-order valence-electron chi connectivity index (χ2n) is 3.62. The van der Waals surface area contributed by atoms with Crippen LogP contribution < -0.4 is 10.1 Å². The normalized spacial score (nSPS) is 11.9. The lowest BCUT2D eigenvalue weighted by Crippen LogP contribution is -2.41. The summed E-state index contributed by atoms with van der Waals surface area (Å²) >= 11 is 11.4. The van der Waals surface area contributed by atoms with Crippen LogP contribution in [0.1, 0.15) is 0 Å². The van der Waals surface area contributed by atoms with Gasteiger partial charge in [0.25, 0.3) is 5.91 Å². The summed E-state index contributed by atoms with van der Waals surface area (Å²) in [7, 11) is 1.55. The topological polar surface area (TPSA) is 47.6 Å². The quantitative estimate of drug-likeness (QED) is 0.783. The Bertz CT molecular complexity index is 370. The number of hydrogen-bond acceptors (Lipinski definition) is 3. The lowest BCUT2D eigenvalue weighted by Gasteiger charge is -2.15. The van der Waals surface area contributed by atoms with Gasteiger partial charge >= 0.3 is 0 Å². The third kappa shape index (κ3) is 5.58. The van der Waals surface area contributed by atoms with Gasteiger partial charge in [-0.1, -0.05) is 11.6 Å². The van der Waals surface area contributed by atoms with E-state index in [9.17, 15) is 4.79 Å². The molecule has 0 bridgehead atoms. The maximum atomic E-state index is 11.6. The molecule has 0 heterocycles. The number of carbonyl (C=O) groups is 1. The van der Waals surface area contributed by atoms with Crippen LogP contribution >= 0.6 is 23.2 Å². The highest BCUT2D eigenvalue weighted by atomic mass is 35.5. The van der Waals surface area contributed by atoms with Crippen LogP contribution in [0, 0.1) is 0 Å². The molecule has 18 heavy (non-hydrogen) atoms. The molecule has 1 amide bonds. The van der Waals surface area contributed by atoms with E-state index in [1.54, 1.807) is 31.4 Å². The highest BCUT2D eigenvalue weighted by molar-refractivity contribution is 6.30. The lowest BCUT2D eigenvalue weighted by molar-refractivity contribution is -0.124. The molecular weight excluding hydrogens is 277 g/mol.